The predicted molar refractivity (Wildman–Crippen MR) is 51.2 cm³/mol. The van der Waals surface area contributed by atoms with Crippen LogP contribution < -0.4 is 10.6 Å². The van der Waals surface area contributed by atoms with Crippen LogP contribution in [-0.4, -0.2) is 49.6 Å². The second-order valence-corrected chi connectivity index (χ2v) is 5.55. The Morgan fingerprint density at radius 2 is 2.07 bits per heavy atom. The number of carbonyl (C=O) groups is 2. The van der Waals surface area contributed by atoms with Gasteiger partial charge in [-0.1, -0.05) is 0 Å². The molecule has 3 N–H and O–H groups in total. The topological polar surface area (TPSA) is 113 Å². The van der Waals surface area contributed by atoms with Gasteiger partial charge in [0.2, 0.25) is 0 Å². The largest absolute Gasteiger partial charge is 0.480 e. The summed E-state index contributed by atoms with van der Waals surface area (Å²) in [6.07, 6.45) is 0.378. The first-order chi connectivity index (χ1) is 6.89. The average Bonchev–Trinajstić information content (AvgIpc) is 2.42. The maximum Gasteiger partial charge on any atom is 0.323 e. The first-order valence-corrected chi connectivity index (χ1v) is 6.18. The van der Waals surface area contributed by atoms with Gasteiger partial charge in [0, 0.05) is 6.04 Å². The first kappa shape index (κ1) is 11.8. The number of nitrogens with one attached hydrogen (secondary N) is 2. The van der Waals surface area contributed by atoms with E-state index in [1.807, 2.05) is 0 Å². The standard InChI is InChI=1S/C7H12N2O5S/c10-6(11)3-8-7(12)9-5-1-2-15(13,14)4-5/h5H,1-4H2,(H,10,11)(H2,8,9,12)/t5-/m1/s1. The SMILES string of the molecule is O=C(O)CNC(=O)N[C@@H]1CCS(=O)(=O)C1. The first-order valence-electron chi connectivity index (χ1n) is 4.35. The van der Waals surface area contributed by atoms with Gasteiger partial charge in [0.15, 0.2) is 9.84 Å². The number of urea groups is 1. The fourth-order valence-electron chi connectivity index (χ4n) is 1.30. The molecule has 0 spiro atoms. The number of carboxylic acids is 1. The van der Waals surface area contributed by atoms with Crippen LogP contribution in [0, 0.1) is 0 Å². The summed E-state index contributed by atoms with van der Waals surface area (Å²) >= 11 is 0. The molecule has 1 atom stereocenters. The van der Waals surface area contributed by atoms with Crippen molar-refractivity contribution in [3.63, 3.8) is 0 Å². The minimum absolute atomic E-state index is 0.0663. The maximum absolute atomic E-state index is 11.0. The minimum Gasteiger partial charge on any atom is -0.480 e. The van der Waals surface area contributed by atoms with Crippen LogP contribution >= 0.6 is 0 Å². The number of carboxylic acid groups (broad SMARTS) is 1. The molecule has 1 rings (SSSR count). The summed E-state index contributed by atoms with van der Waals surface area (Å²) in [6.45, 7) is -0.481. The van der Waals surface area contributed by atoms with Gasteiger partial charge in [-0.2, -0.15) is 0 Å². The molecule has 0 radical (unpaired) electrons. The Morgan fingerprint density at radius 1 is 1.40 bits per heavy atom. The summed E-state index contributed by atoms with van der Waals surface area (Å²) in [4.78, 5) is 21.1. The highest BCUT2D eigenvalue weighted by Crippen LogP contribution is 2.10. The van der Waals surface area contributed by atoms with E-state index in [0.29, 0.717) is 6.42 Å². The van der Waals surface area contributed by atoms with E-state index in [4.69, 9.17) is 5.11 Å². The molecule has 2 amide bonds. The number of amides is 2. The third-order valence-corrected chi connectivity index (χ3v) is 3.74. The Balaban J connectivity index is 2.31. The van der Waals surface area contributed by atoms with Gasteiger partial charge in [-0.3, -0.25) is 4.79 Å². The lowest BCUT2D eigenvalue weighted by atomic mass is 10.3. The molecule has 0 aromatic heterocycles. The number of hydrogen-bond acceptors (Lipinski definition) is 4. The fraction of sp³-hybridized carbons (Fsp3) is 0.714. The Hall–Kier alpha value is -1.31. The van der Waals surface area contributed by atoms with E-state index in [1.165, 1.54) is 0 Å². The van der Waals surface area contributed by atoms with Crippen molar-refractivity contribution in [3.8, 4) is 0 Å². The van der Waals surface area contributed by atoms with Gasteiger partial charge in [-0.05, 0) is 6.42 Å². The third-order valence-electron chi connectivity index (χ3n) is 1.97. The van der Waals surface area contributed by atoms with Crippen LogP contribution in [0.1, 0.15) is 6.42 Å². The summed E-state index contributed by atoms with van der Waals surface area (Å²) in [5.74, 6) is -1.16. The van der Waals surface area contributed by atoms with Crippen molar-refractivity contribution in [2.24, 2.45) is 0 Å². The average molecular weight is 236 g/mol. The quantitative estimate of drug-likeness (QED) is 0.555. The highest BCUT2D eigenvalue weighted by Gasteiger charge is 2.28. The number of carbonyl (C=O) groups excluding carboxylic acids is 1. The van der Waals surface area contributed by atoms with Crippen LogP contribution in [0.25, 0.3) is 0 Å². The van der Waals surface area contributed by atoms with Crippen LogP contribution in [0.3, 0.4) is 0 Å². The normalized spacial score (nSPS) is 23.3. The molecule has 7 nitrogen and oxygen atoms in total. The number of aliphatic carboxylic acids is 1. The van der Waals surface area contributed by atoms with E-state index in [0.717, 1.165) is 0 Å². The molecular formula is C7H12N2O5S. The van der Waals surface area contributed by atoms with E-state index in [1.54, 1.807) is 0 Å². The monoisotopic (exact) mass is 236 g/mol. The van der Waals surface area contributed by atoms with Crippen molar-refractivity contribution < 1.29 is 23.1 Å². The van der Waals surface area contributed by atoms with Crippen molar-refractivity contribution in [1.82, 2.24) is 10.6 Å². The van der Waals surface area contributed by atoms with Crippen molar-refractivity contribution in [2.75, 3.05) is 18.1 Å². The van der Waals surface area contributed by atoms with Crippen molar-refractivity contribution in [3.05, 3.63) is 0 Å². The van der Waals surface area contributed by atoms with Crippen LogP contribution in [0.5, 0.6) is 0 Å². The lowest BCUT2D eigenvalue weighted by Gasteiger charge is -2.10. The Kier molecular flexibility index (Phi) is 3.51. The van der Waals surface area contributed by atoms with Crippen LogP contribution in [0.2, 0.25) is 0 Å². The lowest BCUT2D eigenvalue weighted by Crippen LogP contribution is -2.44. The summed E-state index contributed by atoms with van der Waals surface area (Å²) in [5.41, 5.74) is 0. The Labute approximate surface area is 86.8 Å². The van der Waals surface area contributed by atoms with Crippen LogP contribution in [0.15, 0.2) is 0 Å². The van der Waals surface area contributed by atoms with Gasteiger partial charge in [-0.15, -0.1) is 0 Å². The molecule has 1 saturated heterocycles. The maximum atomic E-state index is 11.0. The molecule has 8 heteroatoms. The number of sulfone groups is 1. The third kappa shape index (κ3) is 4.15. The van der Waals surface area contributed by atoms with E-state index in [-0.39, 0.29) is 11.5 Å². The summed E-state index contributed by atoms with van der Waals surface area (Å²) in [7, 11) is -3.03. The summed E-state index contributed by atoms with van der Waals surface area (Å²) in [5, 5.41) is 12.8. The highest BCUT2D eigenvalue weighted by molar-refractivity contribution is 7.91. The zero-order valence-corrected chi connectivity index (χ0v) is 8.71. The zero-order valence-electron chi connectivity index (χ0n) is 7.89. The molecule has 1 aliphatic rings. The molecule has 1 fully saturated rings. The molecule has 0 bridgehead atoms. The summed E-state index contributed by atoms with van der Waals surface area (Å²) in [6, 6.07) is -1.07. The highest BCUT2D eigenvalue weighted by atomic mass is 32.2. The van der Waals surface area contributed by atoms with Crippen molar-refractivity contribution in [1.29, 1.82) is 0 Å². The van der Waals surface area contributed by atoms with E-state index in [2.05, 4.69) is 10.6 Å². The van der Waals surface area contributed by atoms with Crippen LogP contribution in [0.4, 0.5) is 4.79 Å². The van der Waals surface area contributed by atoms with Gasteiger partial charge in [0.05, 0.1) is 11.5 Å². The van der Waals surface area contributed by atoms with Crippen molar-refractivity contribution >= 4 is 21.8 Å². The van der Waals surface area contributed by atoms with E-state index in [9.17, 15) is 18.0 Å². The van der Waals surface area contributed by atoms with Crippen molar-refractivity contribution in [2.45, 2.75) is 12.5 Å². The molecule has 0 unspecified atom stereocenters. The van der Waals surface area contributed by atoms with Gasteiger partial charge >= 0.3 is 12.0 Å². The lowest BCUT2D eigenvalue weighted by molar-refractivity contribution is -0.135. The van der Waals surface area contributed by atoms with Crippen LogP contribution in [-0.2, 0) is 14.6 Å². The molecule has 1 heterocycles. The van der Waals surface area contributed by atoms with Gasteiger partial charge in [0.25, 0.3) is 0 Å². The smallest absolute Gasteiger partial charge is 0.323 e. The molecule has 86 valence electrons. The molecule has 1 aliphatic heterocycles. The second-order valence-electron chi connectivity index (χ2n) is 3.32. The predicted octanol–water partition coefficient (Wildman–Crippen LogP) is -1.44. The summed E-state index contributed by atoms with van der Waals surface area (Å²) < 4.78 is 22.0. The van der Waals surface area contributed by atoms with Gasteiger partial charge in [-0.25, -0.2) is 13.2 Å². The van der Waals surface area contributed by atoms with Gasteiger partial charge in [0.1, 0.15) is 6.54 Å². The molecule has 0 aliphatic carbocycles. The number of hydrogen-bond donors (Lipinski definition) is 3. The van der Waals surface area contributed by atoms with Gasteiger partial charge < -0.3 is 15.7 Å². The fourth-order valence-corrected chi connectivity index (χ4v) is 2.97. The zero-order chi connectivity index (χ0) is 11.5. The molecular weight excluding hydrogens is 224 g/mol. The molecule has 0 aromatic carbocycles. The molecule has 0 aromatic rings. The minimum atomic E-state index is -3.03. The van der Waals surface area contributed by atoms with E-state index < -0.39 is 34.4 Å². The number of rotatable bonds is 3. The Morgan fingerprint density at radius 3 is 2.53 bits per heavy atom. The Bertz CT molecular complexity index is 364. The second kappa shape index (κ2) is 4.47. The van der Waals surface area contributed by atoms with E-state index >= 15 is 0 Å². The molecule has 15 heavy (non-hydrogen) atoms. The molecule has 0 saturated carbocycles.